The molecule has 0 aliphatic rings. The van der Waals surface area contributed by atoms with Gasteiger partial charge in [-0.25, -0.2) is 0 Å². The fraction of sp³-hybridized carbons (Fsp3) is 0.200. The van der Waals surface area contributed by atoms with Gasteiger partial charge in [0.2, 0.25) is 5.78 Å². The number of hydrogen-bond acceptors (Lipinski definition) is 5. The van der Waals surface area contributed by atoms with Crippen molar-refractivity contribution >= 4 is 27.8 Å². The van der Waals surface area contributed by atoms with E-state index in [2.05, 4.69) is 15.9 Å². The Morgan fingerprint density at radius 3 is 2.62 bits per heavy atom. The third kappa shape index (κ3) is 4.44. The van der Waals surface area contributed by atoms with Crippen LogP contribution in [-0.4, -0.2) is 26.6 Å². The van der Waals surface area contributed by atoms with Crippen LogP contribution < -0.4 is 14.2 Å². The minimum absolute atomic E-state index is 0.0105. The van der Waals surface area contributed by atoms with Gasteiger partial charge in [-0.1, -0.05) is 12.1 Å². The van der Waals surface area contributed by atoms with Gasteiger partial charge in [-0.15, -0.1) is 0 Å². The molecule has 2 rings (SSSR count). The van der Waals surface area contributed by atoms with Gasteiger partial charge < -0.3 is 14.2 Å². The zero-order chi connectivity index (χ0) is 19.1. The van der Waals surface area contributed by atoms with E-state index in [1.807, 2.05) is 13.0 Å². The summed E-state index contributed by atoms with van der Waals surface area (Å²) in [6, 6.07) is 12.1. The van der Waals surface area contributed by atoms with Gasteiger partial charge in [0.1, 0.15) is 17.4 Å². The van der Waals surface area contributed by atoms with E-state index in [9.17, 15) is 10.1 Å². The molecular weight excluding hydrogens is 398 g/mol. The molecule has 0 unspecified atom stereocenters. The fourth-order valence-corrected chi connectivity index (χ4v) is 2.92. The number of halogens is 1. The highest BCUT2D eigenvalue weighted by Gasteiger charge is 2.15. The van der Waals surface area contributed by atoms with Gasteiger partial charge in [0.05, 0.1) is 25.3 Å². The lowest BCUT2D eigenvalue weighted by Crippen LogP contribution is -2.02. The molecule has 0 aromatic heterocycles. The number of benzene rings is 2. The van der Waals surface area contributed by atoms with Crippen LogP contribution in [0.2, 0.25) is 0 Å². The molecule has 0 saturated heterocycles. The van der Waals surface area contributed by atoms with Gasteiger partial charge in [0.25, 0.3) is 0 Å². The van der Waals surface area contributed by atoms with Crippen molar-refractivity contribution in [2.75, 3.05) is 20.8 Å². The molecule has 2 aromatic carbocycles. The number of hydrogen-bond donors (Lipinski definition) is 0. The molecule has 5 nitrogen and oxygen atoms in total. The smallest absolute Gasteiger partial charge is 0.203 e. The van der Waals surface area contributed by atoms with Crippen molar-refractivity contribution in [1.29, 1.82) is 5.26 Å². The summed E-state index contributed by atoms with van der Waals surface area (Å²) in [6.45, 7) is 2.36. The van der Waals surface area contributed by atoms with E-state index in [0.717, 1.165) is 0 Å². The molecule has 0 aliphatic carbocycles. The summed E-state index contributed by atoms with van der Waals surface area (Å²) in [5.41, 5.74) is 1.04. The van der Waals surface area contributed by atoms with Crippen LogP contribution in [0.1, 0.15) is 22.8 Å². The molecule has 134 valence electrons. The van der Waals surface area contributed by atoms with Crippen LogP contribution in [0.4, 0.5) is 0 Å². The van der Waals surface area contributed by atoms with Crippen molar-refractivity contribution in [3.05, 3.63) is 57.6 Å². The first-order chi connectivity index (χ1) is 12.5. The Morgan fingerprint density at radius 2 is 2.00 bits per heavy atom. The first kappa shape index (κ1) is 19.5. The topological polar surface area (TPSA) is 68.5 Å². The number of allylic oxidation sites excluding steroid dienone is 1. The highest BCUT2D eigenvalue weighted by Crippen LogP contribution is 2.37. The first-order valence-electron chi connectivity index (χ1n) is 7.84. The van der Waals surface area contributed by atoms with Crippen molar-refractivity contribution in [1.82, 2.24) is 0 Å². The molecule has 0 heterocycles. The van der Waals surface area contributed by atoms with Gasteiger partial charge in [-0.2, -0.15) is 5.26 Å². The molecule has 0 aliphatic heterocycles. The number of ether oxygens (including phenoxy) is 3. The largest absolute Gasteiger partial charge is 0.497 e. The monoisotopic (exact) mass is 415 g/mol. The molecule has 0 N–H and O–H groups in total. The summed E-state index contributed by atoms with van der Waals surface area (Å²) in [6.07, 6.45) is 1.52. The number of rotatable bonds is 7. The van der Waals surface area contributed by atoms with Crippen molar-refractivity contribution in [3.8, 4) is 23.3 Å². The molecule has 0 bridgehead atoms. The maximum Gasteiger partial charge on any atom is 0.203 e. The van der Waals surface area contributed by atoms with E-state index >= 15 is 0 Å². The second-order valence-corrected chi connectivity index (χ2v) is 6.05. The van der Waals surface area contributed by atoms with Crippen LogP contribution in [-0.2, 0) is 0 Å². The molecule has 0 amide bonds. The van der Waals surface area contributed by atoms with E-state index in [-0.39, 0.29) is 11.4 Å². The van der Waals surface area contributed by atoms with Gasteiger partial charge in [0, 0.05) is 5.56 Å². The van der Waals surface area contributed by atoms with Crippen LogP contribution in [0.15, 0.2) is 46.4 Å². The third-order valence-corrected chi connectivity index (χ3v) is 4.14. The molecular formula is C20H18BrNO4. The molecule has 2 aromatic rings. The highest BCUT2D eigenvalue weighted by atomic mass is 79.9. The summed E-state index contributed by atoms with van der Waals surface area (Å²) in [5, 5.41) is 9.44. The molecule has 6 heteroatoms. The van der Waals surface area contributed by atoms with Crippen LogP contribution in [0.5, 0.6) is 17.2 Å². The summed E-state index contributed by atoms with van der Waals surface area (Å²) in [4.78, 5) is 12.6. The Balaban J connectivity index is 2.43. The molecule has 26 heavy (non-hydrogen) atoms. The third-order valence-electron chi connectivity index (χ3n) is 3.55. The highest BCUT2D eigenvalue weighted by molar-refractivity contribution is 9.10. The van der Waals surface area contributed by atoms with Gasteiger partial charge >= 0.3 is 0 Å². The van der Waals surface area contributed by atoms with E-state index in [1.165, 1.54) is 20.3 Å². The van der Waals surface area contributed by atoms with Crippen molar-refractivity contribution < 1.29 is 19.0 Å². The Morgan fingerprint density at radius 1 is 1.23 bits per heavy atom. The molecule has 0 atom stereocenters. The van der Waals surface area contributed by atoms with Crippen LogP contribution in [0.3, 0.4) is 0 Å². The van der Waals surface area contributed by atoms with Crippen molar-refractivity contribution in [2.45, 2.75) is 6.92 Å². The van der Waals surface area contributed by atoms with Crippen molar-refractivity contribution in [3.63, 3.8) is 0 Å². The lowest BCUT2D eigenvalue weighted by molar-refractivity contribution is 0.103. The summed E-state index contributed by atoms with van der Waals surface area (Å²) in [5.74, 6) is 1.26. The molecule has 0 saturated carbocycles. The van der Waals surface area contributed by atoms with Crippen LogP contribution in [0, 0.1) is 11.3 Å². The second-order valence-electron chi connectivity index (χ2n) is 5.20. The average Bonchev–Trinajstić information content (AvgIpc) is 2.67. The lowest BCUT2D eigenvalue weighted by atomic mass is 10.0. The van der Waals surface area contributed by atoms with E-state index in [4.69, 9.17) is 14.2 Å². The zero-order valence-electron chi connectivity index (χ0n) is 14.7. The minimum Gasteiger partial charge on any atom is -0.497 e. The van der Waals surface area contributed by atoms with Crippen LogP contribution >= 0.6 is 15.9 Å². The summed E-state index contributed by atoms with van der Waals surface area (Å²) >= 11 is 3.43. The van der Waals surface area contributed by atoms with Gasteiger partial charge in [-0.05, 0) is 58.8 Å². The number of ketones is 1. The van der Waals surface area contributed by atoms with Gasteiger partial charge in [-0.3, -0.25) is 4.79 Å². The molecule has 0 spiro atoms. The minimum atomic E-state index is -0.379. The Bertz CT molecular complexity index is 884. The normalized spacial score (nSPS) is 10.8. The summed E-state index contributed by atoms with van der Waals surface area (Å²) in [7, 11) is 3.05. The molecule has 0 fully saturated rings. The number of carbonyl (C=O) groups excluding carboxylic acids is 1. The Hall–Kier alpha value is -2.78. The number of nitrogens with zero attached hydrogens (tertiary/aromatic N) is 1. The lowest BCUT2D eigenvalue weighted by Gasteiger charge is -2.12. The standard InChI is InChI=1S/C20H18BrNO4/c1-4-26-20-17(21)9-13(10-18(20)25-3)8-15(12-22)19(23)14-6-5-7-16(11-14)24-2/h5-11H,4H2,1-3H3. The first-order valence-corrected chi connectivity index (χ1v) is 8.64. The average molecular weight is 416 g/mol. The Kier molecular flexibility index (Phi) is 6.81. The van der Waals surface area contributed by atoms with Gasteiger partial charge in [0.15, 0.2) is 11.5 Å². The van der Waals surface area contributed by atoms with E-state index in [1.54, 1.807) is 36.4 Å². The number of Topliss-reactive ketones (excluding diaryl/α,β-unsaturated/α-hetero) is 1. The Labute approximate surface area is 160 Å². The summed E-state index contributed by atoms with van der Waals surface area (Å²) < 4.78 is 16.7. The number of nitriles is 1. The zero-order valence-corrected chi connectivity index (χ0v) is 16.3. The van der Waals surface area contributed by atoms with E-state index < -0.39 is 0 Å². The maximum atomic E-state index is 12.6. The predicted octanol–water partition coefficient (Wildman–Crippen LogP) is 4.65. The fourth-order valence-electron chi connectivity index (χ4n) is 2.34. The van der Waals surface area contributed by atoms with Crippen molar-refractivity contribution in [2.24, 2.45) is 0 Å². The SMILES string of the molecule is CCOc1c(Br)cc(C=C(C#N)C(=O)c2cccc(OC)c2)cc1OC. The maximum absolute atomic E-state index is 12.6. The predicted molar refractivity (Wildman–Crippen MR) is 103 cm³/mol. The number of carbonyl (C=O) groups is 1. The quantitative estimate of drug-likeness (QED) is 0.373. The van der Waals surface area contributed by atoms with E-state index in [0.29, 0.717) is 39.5 Å². The molecule has 0 radical (unpaired) electrons. The second kappa shape index (κ2) is 9.07. The number of methoxy groups -OCH3 is 2. The van der Waals surface area contributed by atoms with Crippen LogP contribution in [0.25, 0.3) is 6.08 Å².